The highest BCUT2D eigenvalue weighted by atomic mass is 32.2. The maximum atomic E-state index is 12.8. The Morgan fingerprint density at radius 1 is 1.11 bits per heavy atom. The standard InChI is InChI=1S/C20H24N4O3S/c21-19(22)17-10-8-15(9-11-17)13-23-20(25)18-7-4-12-24(18)28(26,27)14-16-5-2-1-3-6-16/h1-3,5-6,8-11,18H,4,7,12-14H2,(H3,21,22)(H,23,25)/t18-/m0/s1. The van der Waals surface area contributed by atoms with Crippen molar-refractivity contribution in [2.24, 2.45) is 5.73 Å². The number of nitrogen functional groups attached to an aromatic ring is 1. The van der Waals surface area contributed by atoms with Crippen LogP contribution in [0.5, 0.6) is 0 Å². The molecule has 0 spiro atoms. The number of amidine groups is 1. The molecule has 1 atom stereocenters. The fraction of sp³-hybridized carbons (Fsp3) is 0.300. The number of benzene rings is 2. The van der Waals surface area contributed by atoms with E-state index in [2.05, 4.69) is 5.32 Å². The van der Waals surface area contributed by atoms with Crippen LogP contribution in [0.4, 0.5) is 0 Å². The highest BCUT2D eigenvalue weighted by Gasteiger charge is 2.38. The van der Waals surface area contributed by atoms with Crippen LogP contribution in [0.25, 0.3) is 0 Å². The van der Waals surface area contributed by atoms with Gasteiger partial charge in [0.05, 0.1) is 5.75 Å². The van der Waals surface area contributed by atoms with E-state index in [1.807, 2.05) is 6.07 Å². The van der Waals surface area contributed by atoms with Crippen LogP contribution in [-0.4, -0.2) is 37.1 Å². The molecular weight excluding hydrogens is 376 g/mol. The summed E-state index contributed by atoms with van der Waals surface area (Å²) in [5.41, 5.74) is 7.61. The highest BCUT2D eigenvalue weighted by molar-refractivity contribution is 7.88. The summed E-state index contributed by atoms with van der Waals surface area (Å²) in [5, 5.41) is 10.2. The van der Waals surface area contributed by atoms with Crippen molar-refractivity contribution in [3.05, 3.63) is 71.3 Å². The molecule has 4 N–H and O–H groups in total. The Labute approximate surface area is 165 Å². The zero-order valence-corrected chi connectivity index (χ0v) is 16.3. The minimum atomic E-state index is -3.57. The molecule has 2 aromatic rings. The Morgan fingerprint density at radius 2 is 1.79 bits per heavy atom. The van der Waals surface area contributed by atoms with E-state index in [4.69, 9.17) is 11.1 Å². The first-order chi connectivity index (χ1) is 13.4. The van der Waals surface area contributed by atoms with E-state index in [-0.39, 0.29) is 17.5 Å². The van der Waals surface area contributed by atoms with Crippen LogP contribution in [0.15, 0.2) is 54.6 Å². The predicted octanol–water partition coefficient (Wildman–Crippen LogP) is 1.58. The van der Waals surface area contributed by atoms with Crippen molar-refractivity contribution >= 4 is 21.8 Å². The average Bonchev–Trinajstić information content (AvgIpc) is 3.18. The molecule has 1 fully saturated rings. The minimum absolute atomic E-state index is 0.0131. The molecule has 0 unspecified atom stereocenters. The fourth-order valence-corrected chi connectivity index (χ4v) is 5.09. The Balaban J connectivity index is 1.63. The van der Waals surface area contributed by atoms with E-state index >= 15 is 0 Å². The van der Waals surface area contributed by atoms with Gasteiger partial charge in [0.25, 0.3) is 0 Å². The first-order valence-corrected chi connectivity index (χ1v) is 10.7. The Hall–Kier alpha value is -2.71. The van der Waals surface area contributed by atoms with Gasteiger partial charge in [0, 0.05) is 18.7 Å². The molecule has 3 rings (SSSR count). The molecule has 28 heavy (non-hydrogen) atoms. The summed E-state index contributed by atoms with van der Waals surface area (Å²) < 4.78 is 26.9. The molecule has 1 amide bonds. The SMILES string of the molecule is N=C(N)c1ccc(CNC(=O)[C@@H]2CCCN2S(=O)(=O)Cc2ccccc2)cc1. The van der Waals surface area contributed by atoms with Gasteiger partial charge < -0.3 is 11.1 Å². The molecule has 148 valence electrons. The maximum Gasteiger partial charge on any atom is 0.238 e. The topological polar surface area (TPSA) is 116 Å². The fourth-order valence-electron chi connectivity index (χ4n) is 3.31. The van der Waals surface area contributed by atoms with E-state index in [0.29, 0.717) is 37.1 Å². The Morgan fingerprint density at radius 3 is 2.43 bits per heavy atom. The van der Waals surface area contributed by atoms with Crippen LogP contribution in [0.1, 0.15) is 29.5 Å². The number of nitrogens with two attached hydrogens (primary N) is 1. The van der Waals surface area contributed by atoms with Crippen molar-refractivity contribution < 1.29 is 13.2 Å². The second kappa shape index (κ2) is 8.53. The summed E-state index contributed by atoms with van der Waals surface area (Å²) in [6.45, 7) is 0.653. The van der Waals surface area contributed by atoms with Crippen LogP contribution in [0.3, 0.4) is 0 Å². The lowest BCUT2D eigenvalue weighted by molar-refractivity contribution is -0.124. The lowest BCUT2D eigenvalue weighted by Gasteiger charge is -2.23. The Kier molecular flexibility index (Phi) is 6.11. The maximum absolute atomic E-state index is 12.8. The molecule has 1 aliphatic heterocycles. The lowest BCUT2D eigenvalue weighted by atomic mass is 10.1. The van der Waals surface area contributed by atoms with Crippen LogP contribution < -0.4 is 11.1 Å². The third-order valence-electron chi connectivity index (χ3n) is 4.79. The number of sulfonamides is 1. The van der Waals surface area contributed by atoms with Crippen LogP contribution in [0.2, 0.25) is 0 Å². The summed E-state index contributed by atoms with van der Waals surface area (Å²) in [4.78, 5) is 12.6. The van der Waals surface area contributed by atoms with Gasteiger partial charge in [-0.05, 0) is 24.0 Å². The monoisotopic (exact) mass is 400 g/mol. The van der Waals surface area contributed by atoms with Crippen LogP contribution in [-0.2, 0) is 27.1 Å². The van der Waals surface area contributed by atoms with Crippen LogP contribution >= 0.6 is 0 Å². The molecule has 8 heteroatoms. The third-order valence-corrected chi connectivity index (χ3v) is 6.64. The van der Waals surface area contributed by atoms with Gasteiger partial charge in [-0.15, -0.1) is 0 Å². The molecule has 1 heterocycles. The second-order valence-corrected chi connectivity index (χ2v) is 8.76. The second-order valence-electron chi connectivity index (χ2n) is 6.84. The molecule has 0 saturated carbocycles. The predicted molar refractivity (Wildman–Crippen MR) is 108 cm³/mol. The number of amides is 1. The summed E-state index contributed by atoms with van der Waals surface area (Å²) in [5.74, 6) is -0.407. The average molecular weight is 401 g/mol. The summed E-state index contributed by atoms with van der Waals surface area (Å²) in [7, 11) is -3.57. The summed E-state index contributed by atoms with van der Waals surface area (Å²) >= 11 is 0. The van der Waals surface area contributed by atoms with Gasteiger partial charge in [0.2, 0.25) is 15.9 Å². The molecular formula is C20H24N4O3S. The zero-order chi connectivity index (χ0) is 20.1. The van der Waals surface area contributed by atoms with Gasteiger partial charge in [-0.3, -0.25) is 10.2 Å². The molecule has 1 aliphatic rings. The van der Waals surface area contributed by atoms with Gasteiger partial charge in [-0.1, -0.05) is 54.6 Å². The van der Waals surface area contributed by atoms with Gasteiger partial charge in [0.1, 0.15) is 11.9 Å². The normalized spacial score (nSPS) is 17.4. The van der Waals surface area contributed by atoms with Gasteiger partial charge in [-0.2, -0.15) is 4.31 Å². The van der Waals surface area contributed by atoms with Gasteiger partial charge in [-0.25, -0.2) is 8.42 Å². The molecule has 0 aliphatic carbocycles. The van der Waals surface area contributed by atoms with E-state index in [1.165, 1.54) is 4.31 Å². The van der Waals surface area contributed by atoms with Crippen molar-refractivity contribution in [2.75, 3.05) is 6.54 Å². The van der Waals surface area contributed by atoms with Crippen molar-refractivity contribution in [3.8, 4) is 0 Å². The summed E-state index contributed by atoms with van der Waals surface area (Å²) in [6.07, 6.45) is 1.18. The number of nitrogens with zero attached hydrogens (tertiary/aromatic N) is 1. The molecule has 0 aromatic heterocycles. The van der Waals surface area contributed by atoms with E-state index in [1.54, 1.807) is 48.5 Å². The third kappa shape index (κ3) is 4.76. The molecule has 0 bridgehead atoms. The number of hydrogen-bond acceptors (Lipinski definition) is 4. The minimum Gasteiger partial charge on any atom is -0.384 e. The number of nitrogens with one attached hydrogen (secondary N) is 2. The molecule has 1 saturated heterocycles. The number of rotatable bonds is 7. The number of hydrogen-bond donors (Lipinski definition) is 3. The first-order valence-electron chi connectivity index (χ1n) is 9.11. The quantitative estimate of drug-likeness (QED) is 0.483. The largest absolute Gasteiger partial charge is 0.384 e. The van der Waals surface area contributed by atoms with Gasteiger partial charge in [0.15, 0.2) is 0 Å². The van der Waals surface area contributed by atoms with Crippen molar-refractivity contribution in [3.63, 3.8) is 0 Å². The van der Waals surface area contributed by atoms with E-state index in [0.717, 1.165) is 5.56 Å². The first kappa shape index (κ1) is 20.0. The van der Waals surface area contributed by atoms with Gasteiger partial charge >= 0.3 is 0 Å². The zero-order valence-electron chi connectivity index (χ0n) is 15.5. The van der Waals surface area contributed by atoms with E-state index < -0.39 is 16.1 Å². The molecule has 0 radical (unpaired) electrons. The lowest BCUT2D eigenvalue weighted by Crippen LogP contribution is -2.46. The number of carbonyl (C=O) groups excluding carboxylic acids is 1. The Bertz CT molecular complexity index is 943. The molecule has 2 aromatic carbocycles. The molecule has 7 nitrogen and oxygen atoms in total. The number of carbonyl (C=O) groups is 1. The smallest absolute Gasteiger partial charge is 0.238 e. The van der Waals surface area contributed by atoms with Crippen molar-refractivity contribution in [1.82, 2.24) is 9.62 Å². The van der Waals surface area contributed by atoms with Crippen molar-refractivity contribution in [1.29, 1.82) is 5.41 Å². The van der Waals surface area contributed by atoms with Crippen LogP contribution in [0, 0.1) is 5.41 Å². The van der Waals surface area contributed by atoms with E-state index in [9.17, 15) is 13.2 Å². The highest BCUT2D eigenvalue weighted by Crippen LogP contribution is 2.24. The summed E-state index contributed by atoms with van der Waals surface area (Å²) in [6, 6.07) is 15.3. The van der Waals surface area contributed by atoms with Crippen molar-refractivity contribution in [2.45, 2.75) is 31.2 Å².